The summed E-state index contributed by atoms with van der Waals surface area (Å²) in [5.41, 5.74) is -0.121. The maximum absolute atomic E-state index is 10.7. The van der Waals surface area contributed by atoms with Gasteiger partial charge < -0.3 is 10.4 Å². The molecule has 0 atom stereocenters. The smallest absolute Gasteiger partial charge is 0.208 e. The molecule has 0 aromatic rings. The molecule has 3 N–H and O–H groups in total. The third-order valence-electron chi connectivity index (χ3n) is 1.93. The highest BCUT2D eigenvalue weighted by atomic mass is 32.2. The van der Waals surface area contributed by atoms with Gasteiger partial charge in [-0.1, -0.05) is 13.8 Å². The second-order valence-electron chi connectivity index (χ2n) is 4.52. The van der Waals surface area contributed by atoms with Gasteiger partial charge in [-0.05, 0) is 13.0 Å². The van der Waals surface area contributed by atoms with Crippen molar-refractivity contribution in [2.24, 2.45) is 5.41 Å². The Kier molecular flexibility index (Phi) is 6.35. The molecule has 0 saturated carbocycles. The first-order chi connectivity index (χ1) is 6.77. The van der Waals surface area contributed by atoms with Crippen LogP contribution in [0.1, 0.15) is 20.3 Å². The van der Waals surface area contributed by atoms with Crippen molar-refractivity contribution in [2.45, 2.75) is 20.3 Å². The van der Waals surface area contributed by atoms with Crippen LogP contribution in [-0.4, -0.2) is 46.0 Å². The molecular formula is C9H22N2O3S. The van der Waals surface area contributed by atoms with Crippen LogP contribution >= 0.6 is 0 Å². The lowest BCUT2D eigenvalue weighted by molar-refractivity contribution is 0.157. The molecule has 0 amide bonds. The Balaban J connectivity index is 3.41. The molecule has 0 heterocycles. The van der Waals surface area contributed by atoms with E-state index in [4.69, 9.17) is 5.11 Å². The van der Waals surface area contributed by atoms with Crippen molar-refractivity contribution >= 4 is 10.0 Å². The van der Waals surface area contributed by atoms with Gasteiger partial charge in [0.25, 0.3) is 0 Å². The Labute approximate surface area is 92.3 Å². The van der Waals surface area contributed by atoms with E-state index in [-0.39, 0.29) is 12.0 Å². The van der Waals surface area contributed by atoms with Crippen LogP contribution in [0.3, 0.4) is 0 Å². The molecule has 0 aliphatic carbocycles. The molecule has 0 aromatic carbocycles. The minimum Gasteiger partial charge on any atom is -0.396 e. The monoisotopic (exact) mass is 238 g/mol. The number of hydrogen-bond acceptors (Lipinski definition) is 4. The molecule has 0 fully saturated rings. The van der Waals surface area contributed by atoms with Gasteiger partial charge in [0, 0.05) is 25.1 Å². The fourth-order valence-corrected chi connectivity index (χ4v) is 1.47. The topological polar surface area (TPSA) is 78.4 Å². The summed E-state index contributed by atoms with van der Waals surface area (Å²) in [7, 11) is -3.06. The number of hydrogen-bond donors (Lipinski definition) is 3. The van der Waals surface area contributed by atoms with Crippen LogP contribution in [0.5, 0.6) is 0 Å². The lowest BCUT2D eigenvalue weighted by Gasteiger charge is -2.21. The summed E-state index contributed by atoms with van der Waals surface area (Å²) in [6.45, 7) is 5.99. The number of rotatable bonds is 8. The molecule has 5 nitrogen and oxygen atoms in total. The van der Waals surface area contributed by atoms with Gasteiger partial charge in [-0.15, -0.1) is 0 Å². The SMILES string of the molecule is CC(C)(CO)CNCCCNS(C)(=O)=O. The van der Waals surface area contributed by atoms with Crippen LogP contribution in [0.15, 0.2) is 0 Å². The number of sulfonamides is 1. The van der Waals surface area contributed by atoms with Crippen LogP contribution < -0.4 is 10.0 Å². The highest BCUT2D eigenvalue weighted by molar-refractivity contribution is 7.88. The second-order valence-corrected chi connectivity index (χ2v) is 6.35. The molecular weight excluding hydrogens is 216 g/mol. The molecule has 6 heteroatoms. The predicted octanol–water partition coefficient (Wildman–Crippen LogP) is -0.466. The first-order valence-electron chi connectivity index (χ1n) is 5.03. The summed E-state index contributed by atoms with van der Waals surface area (Å²) in [5.74, 6) is 0. The van der Waals surface area contributed by atoms with E-state index >= 15 is 0 Å². The van der Waals surface area contributed by atoms with Crippen LogP contribution in [0, 0.1) is 5.41 Å². The average molecular weight is 238 g/mol. The van der Waals surface area contributed by atoms with Crippen molar-refractivity contribution in [1.82, 2.24) is 10.0 Å². The number of nitrogens with one attached hydrogen (secondary N) is 2. The molecule has 0 spiro atoms. The molecule has 0 bridgehead atoms. The predicted molar refractivity (Wildman–Crippen MR) is 61.2 cm³/mol. The molecule has 0 aromatic heterocycles. The molecule has 0 rings (SSSR count). The van der Waals surface area contributed by atoms with E-state index in [0.29, 0.717) is 6.54 Å². The van der Waals surface area contributed by atoms with Gasteiger partial charge in [-0.25, -0.2) is 13.1 Å². The van der Waals surface area contributed by atoms with Crippen molar-refractivity contribution in [3.63, 3.8) is 0 Å². The normalized spacial score (nSPS) is 13.1. The molecule has 15 heavy (non-hydrogen) atoms. The molecule has 92 valence electrons. The summed E-state index contributed by atoms with van der Waals surface area (Å²) >= 11 is 0. The first-order valence-corrected chi connectivity index (χ1v) is 6.92. The zero-order chi connectivity index (χ0) is 11.9. The average Bonchev–Trinajstić information content (AvgIpc) is 2.09. The van der Waals surface area contributed by atoms with Crippen LogP contribution in [0.25, 0.3) is 0 Å². The van der Waals surface area contributed by atoms with Crippen molar-refractivity contribution in [1.29, 1.82) is 0 Å². The van der Waals surface area contributed by atoms with Crippen LogP contribution in [-0.2, 0) is 10.0 Å². The third kappa shape index (κ3) is 10.1. The minimum atomic E-state index is -3.06. The maximum atomic E-state index is 10.7. The zero-order valence-electron chi connectivity index (χ0n) is 9.71. The van der Waals surface area contributed by atoms with Crippen molar-refractivity contribution < 1.29 is 13.5 Å². The molecule has 0 unspecified atom stereocenters. The Hall–Kier alpha value is -0.170. The Morgan fingerprint density at radius 1 is 1.27 bits per heavy atom. The Morgan fingerprint density at radius 2 is 1.87 bits per heavy atom. The lowest BCUT2D eigenvalue weighted by atomic mass is 9.95. The van der Waals surface area contributed by atoms with E-state index < -0.39 is 10.0 Å². The van der Waals surface area contributed by atoms with E-state index in [1.807, 2.05) is 13.8 Å². The van der Waals surface area contributed by atoms with E-state index in [1.165, 1.54) is 0 Å². The van der Waals surface area contributed by atoms with E-state index in [0.717, 1.165) is 25.8 Å². The molecule has 0 saturated heterocycles. The number of aliphatic hydroxyl groups is 1. The van der Waals surface area contributed by atoms with Crippen LogP contribution in [0.2, 0.25) is 0 Å². The lowest BCUT2D eigenvalue weighted by Crippen LogP contribution is -2.34. The van der Waals surface area contributed by atoms with Crippen molar-refractivity contribution in [2.75, 3.05) is 32.5 Å². The van der Waals surface area contributed by atoms with Crippen molar-refractivity contribution in [3.05, 3.63) is 0 Å². The molecule has 0 radical (unpaired) electrons. The van der Waals surface area contributed by atoms with E-state index in [2.05, 4.69) is 10.0 Å². The summed E-state index contributed by atoms with van der Waals surface area (Å²) in [5, 5.41) is 12.1. The first kappa shape index (κ1) is 14.8. The van der Waals surface area contributed by atoms with Gasteiger partial charge in [0.1, 0.15) is 0 Å². The quantitative estimate of drug-likeness (QED) is 0.500. The Morgan fingerprint density at radius 3 is 2.33 bits per heavy atom. The van der Waals surface area contributed by atoms with Gasteiger partial charge in [-0.2, -0.15) is 0 Å². The number of aliphatic hydroxyl groups excluding tert-OH is 1. The van der Waals surface area contributed by atoms with Gasteiger partial charge in [0.15, 0.2) is 0 Å². The van der Waals surface area contributed by atoms with Gasteiger partial charge >= 0.3 is 0 Å². The Bertz CT molecular complexity index is 263. The maximum Gasteiger partial charge on any atom is 0.208 e. The summed E-state index contributed by atoms with van der Waals surface area (Å²) < 4.78 is 23.8. The molecule has 0 aliphatic heterocycles. The van der Waals surface area contributed by atoms with Crippen molar-refractivity contribution in [3.8, 4) is 0 Å². The van der Waals surface area contributed by atoms with E-state index in [1.54, 1.807) is 0 Å². The fourth-order valence-electron chi connectivity index (χ4n) is 0.954. The zero-order valence-corrected chi connectivity index (χ0v) is 10.5. The molecule has 0 aliphatic rings. The van der Waals surface area contributed by atoms with Gasteiger partial charge in [0.2, 0.25) is 10.0 Å². The van der Waals surface area contributed by atoms with Gasteiger partial charge in [0.05, 0.1) is 6.26 Å². The second kappa shape index (κ2) is 6.42. The highest BCUT2D eigenvalue weighted by Crippen LogP contribution is 2.10. The van der Waals surface area contributed by atoms with E-state index in [9.17, 15) is 8.42 Å². The summed E-state index contributed by atoms with van der Waals surface area (Å²) in [6, 6.07) is 0. The largest absolute Gasteiger partial charge is 0.396 e. The summed E-state index contributed by atoms with van der Waals surface area (Å²) in [6.07, 6.45) is 1.89. The third-order valence-corrected chi connectivity index (χ3v) is 2.65. The fraction of sp³-hybridized carbons (Fsp3) is 1.00. The highest BCUT2D eigenvalue weighted by Gasteiger charge is 2.14. The van der Waals surface area contributed by atoms with Crippen LogP contribution in [0.4, 0.5) is 0 Å². The van der Waals surface area contributed by atoms with Gasteiger partial charge in [-0.3, -0.25) is 0 Å². The minimum absolute atomic E-state index is 0.121. The standard InChI is InChI=1S/C9H22N2O3S/c1-9(2,8-12)7-10-5-4-6-11-15(3,13)14/h10-12H,4-8H2,1-3H3. The summed E-state index contributed by atoms with van der Waals surface area (Å²) in [4.78, 5) is 0.